The lowest BCUT2D eigenvalue weighted by Crippen LogP contribution is -2.31. The van der Waals surface area contributed by atoms with E-state index >= 15 is 4.39 Å². The predicted molar refractivity (Wildman–Crippen MR) is 209 cm³/mol. The van der Waals surface area contributed by atoms with E-state index in [9.17, 15) is 23.2 Å². The van der Waals surface area contributed by atoms with Gasteiger partial charge in [-0.1, -0.05) is 57.2 Å². The number of carbonyl (C=O) groups excluding carboxylic acids is 3. The third-order valence-corrected chi connectivity index (χ3v) is 8.81. The number of allylic oxidation sites excluding steroid dienone is 2. The Morgan fingerprint density at radius 1 is 1.11 bits per heavy atom. The van der Waals surface area contributed by atoms with Gasteiger partial charge in [0.25, 0.3) is 11.8 Å². The summed E-state index contributed by atoms with van der Waals surface area (Å²) in [5.74, 6) is -4.47. The highest BCUT2D eigenvalue weighted by molar-refractivity contribution is 8.15. The molecule has 1 saturated heterocycles. The molecule has 0 aliphatic carbocycles. The number of urea groups is 1. The summed E-state index contributed by atoms with van der Waals surface area (Å²) in [4.78, 5) is 50.4. The molecule has 0 unspecified atom stereocenters. The van der Waals surface area contributed by atoms with Crippen molar-refractivity contribution in [1.82, 2.24) is 4.90 Å². The molecule has 1 aliphatic rings. The van der Waals surface area contributed by atoms with Gasteiger partial charge < -0.3 is 15.0 Å². The van der Waals surface area contributed by atoms with Crippen LogP contribution in [0.1, 0.15) is 79.6 Å². The van der Waals surface area contributed by atoms with Gasteiger partial charge in [0, 0.05) is 43.4 Å². The van der Waals surface area contributed by atoms with E-state index in [1.54, 1.807) is 75.6 Å². The first-order chi connectivity index (χ1) is 25.7. The van der Waals surface area contributed by atoms with Crippen LogP contribution in [0.4, 0.5) is 29.3 Å². The number of hydrogen-bond acceptors (Lipinski definition) is 7. The highest BCUT2D eigenvalue weighted by atomic mass is 32.2. The van der Waals surface area contributed by atoms with Crippen LogP contribution in [0.25, 0.3) is 0 Å². The van der Waals surface area contributed by atoms with Crippen molar-refractivity contribution in [1.29, 1.82) is 5.26 Å². The number of nitriles is 1. The molecule has 0 radical (unpaired) electrons. The number of unbranched alkanes of at least 4 members (excludes halogenated alkanes) is 1. The van der Waals surface area contributed by atoms with Gasteiger partial charge in [0.1, 0.15) is 12.4 Å². The van der Waals surface area contributed by atoms with E-state index in [-0.39, 0.29) is 35.0 Å². The Morgan fingerprint density at radius 3 is 2.41 bits per heavy atom. The largest absolute Gasteiger partial charge is 0.370 e. The zero-order valence-corrected chi connectivity index (χ0v) is 32.3. The lowest BCUT2D eigenvalue weighted by Gasteiger charge is -2.22. The van der Waals surface area contributed by atoms with Crippen molar-refractivity contribution in [2.45, 2.75) is 66.4 Å². The van der Waals surface area contributed by atoms with Crippen molar-refractivity contribution in [2.75, 3.05) is 36.7 Å². The fraction of sp³-hybridized carbons (Fsp3) is 0.350. The second kappa shape index (κ2) is 20.3. The molecule has 1 N–H and O–H groups in total. The Morgan fingerprint density at radius 2 is 1.80 bits per heavy atom. The van der Waals surface area contributed by atoms with E-state index in [1.165, 1.54) is 21.9 Å². The molecule has 286 valence electrons. The number of aryl methyl sites for hydroxylation is 1. The molecule has 0 spiro atoms. The fourth-order valence-corrected chi connectivity index (χ4v) is 6.03. The lowest BCUT2D eigenvalue weighted by molar-refractivity contribution is -0.115. The van der Waals surface area contributed by atoms with Gasteiger partial charge in [-0.3, -0.25) is 19.5 Å². The Kier molecular flexibility index (Phi) is 16.2. The van der Waals surface area contributed by atoms with Gasteiger partial charge in [0.05, 0.1) is 41.1 Å². The predicted octanol–water partition coefficient (Wildman–Crippen LogP) is 9.14. The summed E-state index contributed by atoms with van der Waals surface area (Å²) >= 11 is 1.01. The van der Waals surface area contributed by atoms with Gasteiger partial charge in [-0.15, -0.1) is 0 Å². The number of thioether (sulfide) groups is 1. The van der Waals surface area contributed by atoms with Crippen molar-refractivity contribution in [3.05, 3.63) is 106 Å². The quantitative estimate of drug-likeness (QED) is 0.173. The Balaban J connectivity index is 0.00000385. The van der Waals surface area contributed by atoms with Crippen LogP contribution in [-0.2, 0) is 16.1 Å². The number of aliphatic imine (C=N–C) groups is 2. The van der Waals surface area contributed by atoms with Crippen LogP contribution in [-0.4, -0.2) is 66.0 Å². The molecule has 3 aromatic carbocycles. The van der Waals surface area contributed by atoms with Crippen LogP contribution in [0, 0.1) is 24.1 Å². The number of amidine groups is 1. The maximum atomic E-state index is 15.5. The van der Waals surface area contributed by atoms with E-state index in [0.29, 0.717) is 45.8 Å². The van der Waals surface area contributed by atoms with Crippen molar-refractivity contribution >= 4 is 51.9 Å². The number of amides is 4. The highest BCUT2D eigenvalue weighted by Gasteiger charge is 2.32. The normalized spacial score (nSPS) is 14.1. The van der Waals surface area contributed by atoms with Gasteiger partial charge in [-0.05, 0) is 73.9 Å². The summed E-state index contributed by atoms with van der Waals surface area (Å²) in [6.07, 6.45) is 3.92. The summed E-state index contributed by atoms with van der Waals surface area (Å²) < 4.78 is 47.4. The number of benzene rings is 3. The molecule has 0 atom stereocenters. The molecule has 0 aromatic heterocycles. The van der Waals surface area contributed by atoms with Crippen molar-refractivity contribution in [2.24, 2.45) is 9.98 Å². The highest BCUT2D eigenvalue weighted by Crippen LogP contribution is 2.32. The SMILES string of the molecule is CC.CCCC/C(=C\C(=NC)c1ccc(NC(=O)/N=C2\SCC(=O)N2c2cc(C)ccc2COCC(C)(F)F)c(F)c1)N(C)C(=O)c1ccc(C#N)cc1. The fourth-order valence-electron chi connectivity index (χ4n) is 5.17. The Labute approximate surface area is 318 Å². The number of anilines is 2. The van der Waals surface area contributed by atoms with Gasteiger partial charge in [-0.25, -0.2) is 18.0 Å². The molecule has 4 amide bonds. The van der Waals surface area contributed by atoms with E-state index in [4.69, 9.17) is 10.00 Å². The third-order valence-electron chi connectivity index (χ3n) is 7.89. The lowest BCUT2D eigenvalue weighted by atomic mass is 10.0. The first kappa shape index (κ1) is 43.1. The maximum Gasteiger partial charge on any atom is 0.347 e. The number of halogens is 3. The summed E-state index contributed by atoms with van der Waals surface area (Å²) in [5, 5.41) is 11.6. The number of alkyl halides is 2. The minimum Gasteiger partial charge on any atom is -0.370 e. The molecule has 0 saturated carbocycles. The molecule has 1 heterocycles. The van der Waals surface area contributed by atoms with E-state index < -0.39 is 24.4 Å². The number of hydrogen-bond donors (Lipinski definition) is 1. The molecule has 54 heavy (non-hydrogen) atoms. The van der Waals surface area contributed by atoms with Crippen LogP contribution in [0.3, 0.4) is 0 Å². The number of ether oxygens (including phenoxy) is 1. The van der Waals surface area contributed by atoms with Gasteiger partial charge in [0.15, 0.2) is 5.17 Å². The monoisotopic (exact) mass is 762 g/mol. The average molecular weight is 763 g/mol. The number of nitrogens with zero attached hydrogens (tertiary/aromatic N) is 5. The minimum atomic E-state index is -3.04. The van der Waals surface area contributed by atoms with Crippen molar-refractivity contribution in [3.63, 3.8) is 0 Å². The third kappa shape index (κ3) is 11.9. The standard InChI is InChI=1S/C38H39F3N6O4S.C2H6/c1-6-7-8-29(46(5)35(49)26-13-10-25(20-42)11-14-26)19-32(43-4)27-15-16-31(30(39)18-27)44-36(50)45-37-47(34(48)22-52-37)33-17-24(2)9-12-28(33)21-51-23-38(3,40)41;1-2/h9-19H,6-8,21-23H2,1-5H3,(H,44,50);1-2H3/b29-19+,43-32?,45-37-;. The average Bonchev–Trinajstić information content (AvgIpc) is 3.51. The van der Waals surface area contributed by atoms with E-state index in [0.717, 1.165) is 37.1 Å². The van der Waals surface area contributed by atoms with Crippen molar-refractivity contribution < 1.29 is 32.3 Å². The summed E-state index contributed by atoms with van der Waals surface area (Å²) in [5.41, 5.74) is 3.72. The number of carbonyl (C=O) groups is 3. The molecule has 1 aliphatic heterocycles. The maximum absolute atomic E-state index is 15.5. The Bertz CT molecular complexity index is 1950. The number of nitrogens with one attached hydrogen (secondary N) is 1. The van der Waals surface area contributed by atoms with Crippen molar-refractivity contribution in [3.8, 4) is 6.07 Å². The van der Waals surface area contributed by atoms with Crippen LogP contribution in [0.15, 0.2) is 82.4 Å². The zero-order chi connectivity index (χ0) is 40.0. The summed E-state index contributed by atoms with van der Waals surface area (Å²) in [7, 11) is 3.20. The van der Waals surface area contributed by atoms with E-state index in [2.05, 4.69) is 15.3 Å². The van der Waals surface area contributed by atoms with Gasteiger partial charge in [0.2, 0.25) is 5.91 Å². The molecule has 4 rings (SSSR count). The van der Waals surface area contributed by atoms with Gasteiger partial charge >= 0.3 is 6.03 Å². The number of rotatable bonds is 13. The smallest absolute Gasteiger partial charge is 0.347 e. The molecule has 1 fully saturated rings. The molecule has 14 heteroatoms. The van der Waals surface area contributed by atoms with Crippen LogP contribution in [0.2, 0.25) is 0 Å². The first-order valence-electron chi connectivity index (χ1n) is 17.4. The van der Waals surface area contributed by atoms with E-state index in [1.807, 2.05) is 26.8 Å². The first-order valence-corrected chi connectivity index (χ1v) is 18.4. The summed E-state index contributed by atoms with van der Waals surface area (Å²) in [6.45, 7) is 7.55. The topological polar surface area (TPSA) is 127 Å². The molecule has 3 aromatic rings. The van der Waals surface area contributed by atoms with Gasteiger partial charge in [-0.2, -0.15) is 10.3 Å². The second-order valence-corrected chi connectivity index (χ2v) is 13.1. The molecular weight excluding hydrogens is 718 g/mol. The van der Waals surface area contributed by atoms with Crippen LogP contribution in [0.5, 0.6) is 0 Å². The minimum absolute atomic E-state index is 0.0163. The molecule has 0 bridgehead atoms. The summed E-state index contributed by atoms with van der Waals surface area (Å²) in [6, 6.07) is 16.7. The zero-order valence-electron chi connectivity index (χ0n) is 31.5. The molecular formula is C40H45F3N6O4S. The second-order valence-electron chi connectivity index (χ2n) is 12.1. The Hall–Kier alpha value is -5.26. The molecule has 10 nitrogen and oxygen atoms in total. The van der Waals surface area contributed by atoms with Crippen LogP contribution < -0.4 is 10.2 Å². The van der Waals surface area contributed by atoms with Crippen LogP contribution >= 0.6 is 11.8 Å².